The summed E-state index contributed by atoms with van der Waals surface area (Å²) < 4.78 is 5.00. The summed E-state index contributed by atoms with van der Waals surface area (Å²) in [4.78, 5) is 11.4. The van der Waals surface area contributed by atoms with Gasteiger partial charge >= 0.3 is 5.97 Å². The van der Waals surface area contributed by atoms with Crippen LogP contribution in [0.1, 0.15) is 26.2 Å². The van der Waals surface area contributed by atoms with Crippen molar-refractivity contribution in [2.45, 2.75) is 91.2 Å². The average Bonchev–Trinajstić information content (AvgIpc) is 2.33. The van der Waals surface area contributed by atoms with Gasteiger partial charge in [-0.15, -0.1) is 0 Å². The zero-order valence-electron chi connectivity index (χ0n) is 18.0. The first-order valence-electron chi connectivity index (χ1n) is 9.51. The van der Waals surface area contributed by atoms with Gasteiger partial charge in [0, 0.05) is 35.8 Å². The lowest BCUT2D eigenvalue weighted by Crippen LogP contribution is -2.82. The fraction of sp³-hybridized carbons (Fsp3) is 0.833. The van der Waals surface area contributed by atoms with Crippen LogP contribution in [0, 0.1) is 0 Å². The first kappa shape index (κ1) is 24.1. The molecule has 0 aromatic carbocycles. The molecule has 0 aromatic rings. The maximum absolute atomic E-state index is 11.4. The molecule has 0 bridgehead atoms. The molecule has 0 aromatic heterocycles. The van der Waals surface area contributed by atoms with Gasteiger partial charge < -0.3 is 4.74 Å². The van der Waals surface area contributed by atoms with Gasteiger partial charge in [0.25, 0.3) is 0 Å². The number of allylic oxidation sites excluding steroid dienone is 2. The molecule has 2 nitrogen and oxygen atoms in total. The molecule has 0 spiro atoms. The van der Waals surface area contributed by atoms with Crippen molar-refractivity contribution in [2.75, 3.05) is 6.61 Å². The van der Waals surface area contributed by atoms with Gasteiger partial charge in [0.05, 0.1) is 6.61 Å². The second-order valence-corrected chi connectivity index (χ2v) is 51.4. The van der Waals surface area contributed by atoms with Gasteiger partial charge in [-0.3, -0.25) is 4.79 Å². The lowest BCUT2D eigenvalue weighted by Gasteiger charge is -2.57. The van der Waals surface area contributed by atoms with Crippen LogP contribution in [0.15, 0.2) is 12.2 Å². The van der Waals surface area contributed by atoms with Gasteiger partial charge in [-0.1, -0.05) is 71.1 Å². The molecular weight excluding hydrogens is 361 g/mol. The van der Waals surface area contributed by atoms with Crippen molar-refractivity contribution in [1.82, 2.24) is 0 Å². The molecule has 0 saturated heterocycles. The van der Waals surface area contributed by atoms with Gasteiger partial charge in [-0.05, 0) is 25.8 Å². The summed E-state index contributed by atoms with van der Waals surface area (Å²) in [5.74, 6) is -0.0547. The second kappa shape index (κ2) is 9.14. The van der Waals surface area contributed by atoms with Crippen LogP contribution >= 0.6 is 0 Å². The Hall–Kier alpha value is 0.0775. The Morgan fingerprint density at radius 3 is 1.67 bits per heavy atom. The van der Waals surface area contributed by atoms with Crippen LogP contribution < -0.4 is 0 Å². The van der Waals surface area contributed by atoms with Crippen molar-refractivity contribution >= 4 is 35.4 Å². The number of rotatable bonds is 10. The normalized spacial score (nSPS) is 14.2. The van der Waals surface area contributed by atoms with Gasteiger partial charge in [-0.25, -0.2) is 0 Å². The molecule has 0 N–H and O–H groups in total. The fourth-order valence-corrected chi connectivity index (χ4v) is 102. The van der Waals surface area contributed by atoms with E-state index in [1.54, 1.807) is 0 Å². The molecule has 0 unspecified atom stereocenters. The molecule has 6 heteroatoms. The third kappa shape index (κ3) is 6.11. The van der Waals surface area contributed by atoms with Crippen molar-refractivity contribution in [2.24, 2.45) is 0 Å². The topological polar surface area (TPSA) is 26.3 Å². The molecule has 0 rings (SSSR count). The zero-order valence-corrected chi connectivity index (χ0v) is 22.0. The summed E-state index contributed by atoms with van der Waals surface area (Å²) in [6.07, 6.45) is 7.33. The number of ether oxygens (including phenoxy) is 1. The van der Waals surface area contributed by atoms with E-state index in [4.69, 9.17) is 4.74 Å². The Morgan fingerprint density at radius 1 is 0.833 bits per heavy atom. The van der Waals surface area contributed by atoms with Gasteiger partial charge in [0.15, 0.2) is 0 Å². The Balaban J connectivity index is 5.06. The summed E-state index contributed by atoms with van der Waals surface area (Å²) in [6, 6.07) is 1.38. The van der Waals surface area contributed by atoms with E-state index in [9.17, 15) is 4.79 Å². The van der Waals surface area contributed by atoms with E-state index in [0.29, 0.717) is 13.0 Å². The lowest BCUT2D eigenvalue weighted by molar-refractivity contribution is -0.143. The first-order valence-corrected chi connectivity index (χ1v) is 25.2. The fourth-order valence-electron chi connectivity index (χ4n) is 5.27. The second-order valence-electron chi connectivity index (χ2n) is 10.0. The van der Waals surface area contributed by atoms with E-state index in [-0.39, 0.29) is 5.97 Å². The van der Waals surface area contributed by atoms with Crippen LogP contribution in [0.25, 0.3) is 0 Å². The van der Waals surface area contributed by atoms with Gasteiger partial charge in [-0.2, -0.15) is 0 Å². The molecule has 0 aliphatic rings. The first-order chi connectivity index (χ1) is 10.7. The summed E-state index contributed by atoms with van der Waals surface area (Å²) in [5, 5.41) is 0. The maximum atomic E-state index is 11.4. The number of carbonyl (C=O) groups excluding carboxylic acids is 1. The largest absolute Gasteiger partial charge is 0.466 e. The predicted octanol–water partition coefficient (Wildman–Crippen LogP) is 5.97. The van der Waals surface area contributed by atoms with Crippen LogP contribution in [0.5, 0.6) is 0 Å². The Morgan fingerprint density at radius 2 is 1.29 bits per heavy atom. The molecule has 0 aliphatic heterocycles. The molecule has 142 valence electrons. The molecule has 0 aliphatic carbocycles. The van der Waals surface area contributed by atoms with Gasteiger partial charge in [0.1, 0.15) is 0 Å². The van der Waals surface area contributed by atoms with Crippen LogP contribution in [-0.4, -0.2) is 42.0 Å². The van der Waals surface area contributed by atoms with Crippen LogP contribution in [0.2, 0.25) is 65.0 Å². The summed E-state index contributed by atoms with van der Waals surface area (Å²) >= 11 is 0. The minimum atomic E-state index is -1.26. The van der Waals surface area contributed by atoms with Crippen LogP contribution in [0.4, 0.5) is 0 Å². The Bertz CT molecular complexity index is 390. The number of esters is 1. The Labute approximate surface area is 154 Å². The third-order valence-electron chi connectivity index (χ3n) is 5.49. The third-order valence-corrected chi connectivity index (χ3v) is 79.4. The molecule has 0 atom stereocenters. The SMILES string of the molecule is CCOC(=O)CCC/C=C/C[Si]([Si](C)(C)C)([Si](C)(C)C)[Si](C)(C)C. The zero-order chi connectivity index (χ0) is 19.2. The predicted molar refractivity (Wildman–Crippen MR) is 120 cm³/mol. The molecular formula is C18H42O2Si4. The van der Waals surface area contributed by atoms with Crippen molar-refractivity contribution in [3.8, 4) is 0 Å². The van der Waals surface area contributed by atoms with E-state index in [0.717, 1.165) is 12.8 Å². The summed E-state index contributed by atoms with van der Waals surface area (Å²) in [7, 11) is -3.50. The number of unbranched alkanes of at least 4 members (excludes halogenated alkanes) is 1. The molecule has 0 fully saturated rings. The van der Waals surface area contributed by atoms with E-state index in [1.807, 2.05) is 6.92 Å². The highest BCUT2D eigenvalue weighted by Gasteiger charge is 2.60. The lowest BCUT2D eigenvalue weighted by atomic mass is 10.2. The Kier molecular flexibility index (Phi) is 9.17. The number of hydrogen-bond donors (Lipinski definition) is 0. The minimum absolute atomic E-state index is 0.0547. The van der Waals surface area contributed by atoms with E-state index in [2.05, 4.69) is 71.1 Å². The van der Waals surface area contributed by atoms with E-state index in [1.165, 1.54) is 6.04 Å². The number of carbonyl (C=O) groups is 1. The molecule has 24 heavy (non-hydrogen) atoms. The summed E-state index contributed by atoms with van der Waals surface area (Å²) in [5.41, 5.74) is 0. The standard InChI is InChI=1S/C18H42O2Si4/c1-11-20-18(19)16-14-12-13-15-17-24(21(2,3)4,22(5,6)7)23(8,9)10/h13,15H,11-12,14,16-17H2,1-10H3/b15-13+. The monoisotopic (exact) mass is 402 g/mol. The average molecular weight is 403 g/mol. The van der Waals surface area contributed by atoms with Crippen molar-refractivity contribution in [3.63, 3.8) is 0 Å². The smallest absolute Gasteiger partial charge is 0.305 e. The van der Waals surface area contributed by atoms with E-state index < -0.39 is 29.4 Å². The highest BCUT2D eigenvalue weighted by molar-refractivity contribution is 7.89. The molecule has 0 heterocycles. The van der Waals surface area contributed by atoms with E-state index >= 15 is 0 Å². The summed E-state index contributed by atoms with van der Waals surface area (Å²) in [6.45, 7) is 24.9. The highest BCUT2D eigenvalue weighted by Crippen LogP contribution is 2.40. The molecule has 0 amide bonds. The quantitative estimate of drug-likeness (QED) is 0.194. The van der Waals surface area contributed by atoms with Crippen molar-refractivity contribution in [3.05, 3.63) is 12.2 Å². The molecule has 0 radical (unpaired) electrons. The highest BCUT2D eigenvalue weighted by atomic mass is 29.9. The number of hydrogen-bond acceptors (Lipinski definition) is 2. The molecule has 0 saturated carbocycles. The van der Waals surface area contributed by atoms with Crippen molar-refractivity contribution < 1.29 is 9.53 Å². The van der Waals surface area contributed by atoms with Crippen LogP contribution in [-0.2, 0) is 9.53 Å². The maximum Gasteiger partial charge on any atom is 0.305 e. The van der Waals surface area contributed by atoms with Crippen LogP contribution in [0.3, 0.4) is 0 Å². The van der Waals surface area contributed by atoms with Crippen molar-refractivity contribution in [1.29, 1.82) is 0 Å². The van der Waals surface area contributed by atoms with Gasteiger partial charge in [0.2, 0.25) is 0 Å². The minimum Gasteiger partial charge on any atom is -0.466 e.